The highest BCUT2D eigenvalue weighted by molar-refractivity contribution is 9.10. The summed E-state index contributed by atoms with van der Waals surface area (Å²) in [6.45, 7) is 7.80. The molecule has 0 aromatic heterocycles. The lowest BCUT2D eigenvalue weighted by Gasteiger charge is -2.15. The minimum Gasteiger partial charge on any atom is -0.483 e. The summed E-state index contributed by atoms with van der Waals surface area (Å²) in [5, 5.41) is 0. The Hall–Kier alpha value is -2.54. The lowest BCUT2D eigenvalue weighted by atomic mass is 10.0. The Morgan fingerprint density at radius 2 is 1.34 bits per heavy atom. The zero-order valence-electron chi connectivity index (χ0n) is 17.1. The van der Waals surface area contributed by atoms with Crippen molar-refractivity contribution in [2.75, 3.05) is 13.2 Å². The van der Waals surface area contributed by atoms with Crippen LogP contribution in [0.4, 0.5) is 0 Å². The molecule has 0 aliphatic rings. The summed E-state index contributed by atoms with van der Waals surface area (Å²) in [5.41, 5.74) is 6.68. The summed E-state index contributed by atoms with van der Waals surface area (Å²) >= 11 is 3.44. The lowest BCUT2D eigenvalue weighted by Crippen LogP contribution is -2.45. The molecule has 2 aromatic carbocycles. The third-order valence-electron chi connectivity index (χ3n) is 4.19. The number of benzene rings is 2. The van der Waals surface area contributed by atoms with E-state index in [0.29, 0.717) is 11.5 Å². The van der Waals surface area contributed by atoms with Crippen LogP contribution in [0, 0.1) is 0 Å². The van der Waals surface area contributed by atoms with Gasteiger partial charge in [-0.1, -0.05) is 61.8 Å². The van der Waals surface area contributed by atoms with Crippen molar-refractivity contribution in [1.82, 2.24) is 10.9 Å². The van der Waals surface area contributed by atoms with Crippen LogP contribution in [-0.2, 0) is 9.59 Å². The smallest absolute Gasteiger partial charge is 0.276 e. The van der Waals surface area contributed by atoms with E-state index in [2.05, 4.69) is 40.6 Å². The van der Waals surface area contributed by atoms with Crippen molar-refractivity contribution in [1.29, 1.82) is 0 Å². The minimum atomic E-state index is -0.460. The number of carbonyl (C=O) groups excluding carboxylic acids is 2. The van der Waals surface area contributed by atoms with Crippen LogP contribution in [0.25, 0.3) is 0 Å². The van der Waals surface area contributed by atoms with Crippen molar-refractivity contribution >= 4 is 27.7 Å². The number of hydrogen-bond donors (Lipinski definition) is 2. The summed E-state index contributed by atoms with van der Waals surface area (Å²) < 4.78 is 12.1. The van der Waals surface area contributed by atoms with Gasteiger partial charge in [0.25, 0.3) is 11.8 Å². The Bertz CT molecular complexity index is 852. The van der Waals surface area contributed by atoms with Crippen LogP contribution in [-0.4, -0.2) is 25.0 Å². The van der Waals surface area contributed by atoms with Crippen LogP contribution < -0.4 is 20.3 Å². The quantitative estimate of drug-likeness (QED) is 0.573. The molecule has 2 rings (SSSR count). The van der Waals surface area contributed by atoms with Gasteiger partial charge in [0.2, 0.25) is 0 Å². The Labute approximate surface area is 180 Å². The number of hydrazine groups is 1. The molecule has 29 heavy (non-hydrogen) atoms. The molecule has 2 aromatic rings. The molecule has 0 fully saturated rings. The van der Waals surface area contributed by atoms with Crippen molar-refractivity contribution < 1.29 is 19.1 Å². The first-order valence-corrected chi connectivity index (χ1v) is 10.3. The molecule has 0 saturated heterocycles. The molecule has 2 amide bonds. The standard InChI is InChI=1S/C22H27BrN2O4/c1-14(2)17-7-5-6-8-19(17)28-12-21(26)24-25-22(27)13-29-20-10-9-16(23)11-18(20)15(3)4/h5-11,14-15H,12-13H2,1-4H3,(H,24,26)(H,25,27). The van der Waals surface area contributed by atoms with E-state index >= 15 is 0 Å². The van der Waals surface area contributed by atoms with Gasteiger partial charge in [-0.05, 0) is 47.2 Å². The van der Waals surface area contributed by atoms with Crippen LogP contribution in [0.5, 0.6) is 11.5 Å². The fourth-order valence-corrected chi connectivity index (χ4v) is 3.07. The van der Waals surface area contributed by atoms with Gasteiger partial charge in [-0.3, -0.25) is 20.4 Å². The largest absolute Gasteiger partial charge is 0.483 e. The Kier molecular flexibility index (Phi) is 8.51. The van der Waals surface area contributed by atoms with Crippen molar-refractivity contribution in [3.8, 4) is 11.5 Å². The fourth-order valence-electron chi connectivity index (χ4n) is 2.69. The van der Waals surface area contributed by atoms with E-state index < -0.39 is 11.8 Å². The number of halogens is 1. The van der Waals surface area contributed by atoms with E-state index in [4.69, 9.17) is 9.47 Å². The highest BCUT2D eigenvalue weighted by atomic mass is 79.9. The number of nitrogens with one attached hydrogen (secondary N) is 2. The van der Waals surface area contributed by atoms with Gasteiger partial charge in [0.1, 0.15) is 11.5 Å². The molecule has 0 unspecified atom stereocenters. The molecule has 7 heteroatoms. The lowest BCUT2D eigenvalue weighted by molar-refractivity contribution is -0.131. The number of rotatable bonds is 8. The Morgan fingerprint density at radius 1 is 0.828 bits per heavy atom. The minimum absolute atomic E-state index is 0.199. The third kappa shape index (κ3) is 7.09. The molecule has 0 aliphatic carbocycles. The van der Waals surface area contributed by atoms with Crippen LogP contribution in [0.2, 0.25) is 0 Å². The van der Waals surface area contributed by atoms with Crippen LogP contribution in [0.1, 0.15) is 50.7 Å². The first kappa shape index (κ1) is 22.7. The number of para-hydroxylation sites is 1. The Morgan fingerprint density at radius 3 is 1.90 bits per heavy atom. The topological polar surface area (TPSA) is 76.7 Å². The number of carbonyl (C=O) groups is 2. The van der Waals surface area contributed by atoms with E-state index in [9.17, 15) is 9.59 Å². The third-order valence-corrected chi connectivity index (χ3v) is 4.69. The first-order chi connectivity index (χ1) is 13.8. The molecule has 2 N–H and O–H groups in total. The molecule has 0 heterocycles. The van der Waals surface area contributed by atoms with Gasteiger partial charge in [0.15, 0.2) is 13.2 Å². The van der Waals surface area contributed by atoms with Gasteiger partial charge in [-0.25, -0.2) is 0 Å². The normalized spacial score (nSPS) is 10.7. The molecular formula is C22H27BrN2O4. The van der Waals surface area contributed by atoms with Crippen LogP contribution >= 0.6 is 15.9 Å². The summed E-state index contributed by atoms with van der Waals surface area (Å²) in [6, 6.07) is 13.2. The van der Waals surface area contributed by atoms with Gasteiger partial charge in [-0.15, -0.1) is 0 Å². The SMILES string of the molecule is CC(C)c1ccccc1OCC(=O)NNC(=O)COc1ccc(Br)cc1C(C)C. The van der Waals surface area contributed by atoms with Crippen molar-refractivity contribution in [2.45, 2.75) is 39.5 Å². The highest BCUT2D eigenvalue weighted by Crippen LogP contribution is 2.29. The molecule has 0 saturated carbocycles. The zero-order chi connectivity index (χ0) is 21.4. The maximum Gasteiger partial charge on any atom is 0.276 e. The summed E-state index contributed by atoms with van der Waals surface area (Å²) in [6.07, 6.45) is 0. The maximum absolute atomic E-state index is 12.0. The van der Waals surface area contributed by atoms with E-state index in [1.54, 1.807) is 0 Å². The van der Waals surface area contributed by atoms with Crippen LogP contribution in [0.15, 0.2) is 46.9 Å². The van der Waals surface area contributed by atoms with Crippen molar-refractivity contribution in [3.05, 3.63) is 58.1 Å². The maximum atomic E-state index is 12.0. The summed E-state index contributed by atoms with van der Waals surface area (Å²) in [7, 11) is 0. The molecule has 156 valence electrons. The molecule has 0 aliphatic heterocycles. The second kappa shape index (κ2) is 10.9. The van der Waals surface area contributed by atoms with Gasteiger partial charge in [0, 0.05) is 4.47 Å². The predicted molar refractivity (Wildman–Crippen MR) is 116 cm³/mol. The van der Waals surface area contributed by atoms with E-state index in [0.717, 1.165) is 15.6 Å². The summed E-state index contributed by atoms with van der Waals surface area (Å²) in [5.74, 6) is 0.903. The second-order valence-electron chi connectivity index (χ2n) is 7.20. The fraction of sp³-hybridized carbons (Fsp3) is 0.364. The predicted octanol–water partition coefficient (Wildman–Crippen LogP) is 4.30. The van der Waals surface area contributed by atoms with Gasteiger partial charge in [-0.2, -0.15) is 0 Å². The van der Waals surface area contributed by atoms with E-state index in [-0.39, 0.29) is 25.0 Å². The average Bonchev–Trinajstić information content (AvgIpc) is 2.69. The second-order valence-corrected chi connectivity index (χ2v) is 8.12. The van der Waals surface area contributed by atoms with Crippen molar-refractivity contribution in [3.63, 3.8) is 0 Å². The van der Waals surface area contributed by atoms with Gasteiger partial charge < -0.3 is 9.47 Å². The highest BCUT2D eigenvalue weighted by Gasteiger charge is 2.12. The molecular weight excluding hydrogens is 436 g/mol. The molecule has 6 nitrogen and oxygen atoms in total. The van der Waals surface area contributed by atoms with Crippen LogP contribution in [0.3, 0.4) is 0 Å². The monoisotopic (exact) mass is 462 g/mol. The van der Waals surface area contributed by atoms with E-state index in [1.807, 2.05) is 56.3 Å². The average molecular weight is 463 g/mol. The zero-order valence-corrected chi connectivity index (χ0v) is 18.7. The number of ether oxygens (including phenoxy) is 2. The molecule has 0 atom stereocenters. The molecule has 0 bridgehead atoms. The summed E-state index contributed by atoms with van der Waals surface area (Å²) in [4.78, 5) is 23.9. The van der Waals surface area contributed by atoms with E-state index in [1.165, 1.54) is 0 Å². The molecule has 0 spiro atoms. The molecule has 0 radical (unpaired) electrons. The first-order valence-electron chi connectivity index (χ1n) is 9.49. The number of hydrogen-bond acceptors (Lipinski definition) is 4. The van der Waals surface area contributed by atoms with Gasteiger partial charge in [0.05, 0.1) is 0 Å². The van der Waals surface area contributed by atoms with Gasteiger partial charge >= 0.3 is 0 Å². The number of amides is 2. The van der Waals surface area contributed by atoms with Crippen molar-refractivity contribution in [2.24, 2.45) is 0 Å². The Balaban J connectivity index is 1.79.